The summed E-state index contributed by atoms with van der Waals surface area (Å²) in [6.07, 6.45) is 11.2. The van der Waals surface area contributed by atoms with Crippen LogP contribution in [0.3, 0.4) is 0 Å². The second-order valence-corrected chi connectivity index (χ2v) is 5.46. The van der Waals surface area contributed by atoms with Gasteiger partial charge in [0.05, 0.1) is 7.11 Å². The maximum atomic E-state index is 12.6. The number of amides is 1. The lowest BCUT2D eigenvalue weighted by atomic mass is 9.92. The number of nitrogens with zero attached hydrogens (tertiary/aromatic N) is 1. The number of allylic oxidation sites excluding steroid dienone is 2. The quantitative estimate of drug-likeness (QED) is 0.579. The van der Waals surface area contributed by atoms with Gasteiger partial charge in [-0.05, 0) is 32.1 Å². The van der Waals surface area contributed by atoms with Gasteiger partial charge in [-0.25, -0.2) is 0 Å². The van der Waals surface area contributed by atoms with Gasteiger partial charge in [0.15, 0.2) is 0 Å². The van der Waals surface area contributed by atoms with Crippen LogP contribution in [0, 0.1) is 5.92 Å². The van der Waals surface area contributed by atoms with Crippen LogP contribution < -0.4 is 0 Å². The van der Waals surface area contributed by atoms with E-state index in [0.717, 1.165) is 44.9 Å². The van der Waals surface area contributed by atoms with Crippen molar-refractivity contribution in [2.24, 2.45) is 5.92 Å². The summed E-state index contributed by atoms with van der Waals surface area (Å²) in [4.78, 5) is 25.9. The Hall–Kier alpha value is -1.32. The molecular weight excluding hydrogens is 242 g/mol. The van der Waals surface area contributed by atoms with Crippen LogP contribution in [-0.2, 0) is 14.3 Å². The molecule has 4 nitrogen and oxygen atoms in total. The van der Waals surface area contributed by atoms with E-state index in [4.69, 9.17) is 4.74 Å². The van der Waals surface area contributed by atoms with Gasteiger partial charge < -0.3 is 9.64 Å². The van der Waals surface area contributed by atoms with Crippen molar-refractivity contribution in [2.45, 2.75) is 51.0 Å². The molecule has 1 fully saturated rings. The van der Waals surface area contributed by atoms with Gasteiger partial charge in [0.1, 0.15) is 6.54 Å². The molecule has 0 N–H and O–H groups in total. The van der Waals surface area contributed by atoms with Gasteiger partial charge in [-0.15, -0.1) is 0 Å². The highest BCUT2D eigenvalue weighted by molar-refractivity contribution is 5.84. The summed E-state index contributed by atoms with van der Waals surface area (Å²) in [5, 5.41) is 0. The van der Waals surface area contributed by atoms with Crippen LogP contribution in [0.4, 0.5) is 0 Å². The fourth-order valence-electron chi connectivity index (χ4n) is 3.06. The lowest BCUT2D eigenvalue weighted by molar-refractivity contribution is -0.150. The first kappa shape index (κ1) is 14.1. The fraction of sp³-hybridized carbons (Fsp3) is 0.733. The van der Waals surface area contributed by atoms with Crippen LogP contribution in [0.5, 0.6) is 0 Å². The summed E-state index contributed by atoms with van der Waals surface area (Å²) in [7, 11) is 1.38. The maximum absolute atomic E-state index is 12.6. The largest absolute Gasteiger partial charge is 0.468 e. The molecule has 0 saturated heterocycles. The zero-order chi connectivity index (χ0) is 13.7. The standard InChI is InChI=1S/C15H23NO3/c1-19-14(17)11-16(13-9-5-6-10-13)15(18)12-7-3-2-4-8-12/h2-3,12-13H,4-11H2,1H3. The van der Waals surface area contributed by atoms with Gasteiger partial charge in [-0.1, -0.05) is 25.0 Å². The Bertz CT molecular complexity index is 358. The van der Waals surface area contributed by atoms with Crippen LogP contribution in [-0.4, -0.2) is 36.5 Å². The Balaban J connectivity index is 2.04. The first-order valence-corrected chi connectivity index (χ1v) is 7.24. The molecule has 0 bridgehead atoms. The molecule has 0 aliphatic heterocycles. The molecule has 0 spiro atoms. The highest BCUT2D eigenvalue weighted by Gasteiger charge is 2.32. The molecule has 1 amide bonds. The summed E-state index contributed by atoms with van der Waals surface area (Å²) in [6, 6.07) is 0.234. The van der Waals surface area contributed by atoms with Crippen LogP contribution in [0.2, 0.25) is 0 Å². The Morgan fingerprint density at radius 3 is 2.53 bits per heavy atom. The molecule has 0 aromatic heterocycles. The van der Waals surface area contributed by atoms with Gasteiger partial charge in [0, 0.05) is 12.0 Å². The van der Waals surface area contributed by atoms with Crippen LogP contribution in [0.1, 0.15) is 44.9 Å². The maximum Gasteiger partial charge on any atom is 0.325 e. The molecule has 0 aromatic rings. The SMILES string of the molecule is COC(=O)CN(C(=O)C1CC=CCC1)C1CCCC1. The average molecular weight is 265 g/mol. The van der Waals surface area contributed by atoms with E-state index in [0.29, 0.717) is 0 Å². The van der Waals surface area contributed by atoms with E-state index in [1.807, 2.05) is 0 Å². The predicted octanol–water partition coefficient (Wildman–Crippen LogP) is 2.29. The molecule has 1 unspecified atom stereocenters. The first-order chi connectivity index (χ1) is 9.22. The van der Waals surface area contributed by atoms with Crippen LogP contribution >= 0.6 is 0 Å². The van der Waals surface area contributed by atoms with E-state index in [9.17, 15) is 9.59 Å². The number of hydrogen-bond acceptors (Lipinski definition) is 3. The molecule has 0 aromatic carbocycles. The lowest BCUT2D eigenvalue weighted by Crippen LogP contribution is -2.45. The number of ether oxygens (including phenoxy) is 1. The summed E-state index contributed by atoms with van der Waals surface area (Å²) < 4.78 is 4.73. The van der Waals surface area contributed by atoms with E-state index >= 15 is 0 Å². The highest BCUT2D eigenvalue weighted by atomic mass is 16.5. The molecule has 4 heteroatoms. The lowest BCUT2D eigenvalue weighted by Gasteiger charge is -2.32. The third-order valence-electron chi connectivity index (χ3n) is 4.19. The van der Waals surface area contributed by atoms with E-state index < -0.39 is 0 Å². The normalized spacial score (nSPS) is 23.3. The van der Waals surface area contributed by atoms with Gasteiger partial charge in [-0.2, -0.15) is 0 Å². The summed E-state index contributed by atoms with van der Waals surface area (Å²) in [6.45, 7) is 0.111. The Labute approximate surface area is 114 Å². The zero-order valence-electron chi connectivity index (χ0n) is 11.6. The molecule has 2 rings (SSSR count). The Kier molecular flexibility index (Phi) is 5.00. The Morgan fingerprint density at radius 2 is 1.95 bits per heavy atom. The van der Waals surface area contributed by atoms with Crippen molar-refractivity contribution in [2.75, 3.05) is 13.7 Å². The highest BCUT2D eigenvalue weighted by Crippen LogP contribution is 2.27. The van der Waals surface area contributed by atoms with Crippen LogP contribution in [0.25, 0.3) is 0 Å². The van der Waals surface area contributed by atoms with E-state index in [1.54, 1.807) is 4.90 Å². The van der Waals surface area contributed by atoms with Gasteiger partial charge >= 0.3 is 5.97 Å². The summed E-state index contributed by atoms with van der Waals surface area (Å²) in [5.41, 5.74) is 0. The van der Waals surface area contributed by atoms with E-state index in [2.05, 4.69) is 12.2 Å². The molecule has 1 atom stereocenters. The molecule has 2 aliphatic carbocycles. The minimum atomic E-state index is -0.313. The van der Waals surface area contributed by atoms with Crippen molar-refractivity contribution < 1.29 is 14.3 Å². The van der Waals surface area contributed by atoms with Crippen molar-refractivity contribution in [3.05, 3.63) is 12.2 Å². The number of hydrogen-bond donors (Lipinski definition) is 0. The van der Waals surface area contributed by atoms with Crippen molar-refractivity contribution in [3.63, 3.8) is 0 Å². The minimum absolute atomic E-state index is 0.0512. The fourth-order valence-corrected chi connectivity index (χ4v) is 3.06. The average Bonchev–Trinajstić information content (AvgIpc) is 2.98. The predicted molar refractivity (Wildman–Crippen MR) is 72.5 cm³/mol. The number of methoxy groups -OCH3 is 1. The number of rotatable bonds is 4. The number of carbonyl (C=O) groups excluding carboxylic acids is 2. The Morgan fingerprint density at radius 1 is 1.21 bits per heavy atom. The van der Waals surface area contributed by atoms with Crippen molar-refractivity contribution in [1.29, 1.82) is 0 Å². The van der Waals surface area contributed by atoms with Gasteiger partial charge in [0.25, 0.3) is 0 Å². The number of esters is 1. The second kappa shape index (κ2) is 6.73. The topological polar surface area (TPSA) is 46.6 Å². The summed E-state index contributed by atoms with van der Waals surface area (Å²) >= 11 is 0. The van der Waals surface area contributed by atoms with E-state index in [-0.39, 0.29) is 30.4 Å². The third kappa shape index (κ3) is 3.58. The summed E-state index contributed by atoms with van der Waals surface area (Å²) in [5.74, 6) is -0.122. The zero-order valence-corrected chi connectivity index (χ0v) is 11.6. The molecule has 0 heterocycles. The van der Waals surface area contributed by atoms with Gasteiger partial charge in [-0.3, -0.25) is 9.59 Å². The monoisotopic (exact) mass is 265 g/mol. The third-order valence-corrected chi connectivity index (χ3v) is 4.19. The smallest absolute Gasteiger partial charge is 0.325 e. The molecule has 106 valence electrons. The van der Waals surface area contributed by atoms with E-state index in [1.165, 1.54) is 7.11 Å². The molecule has 2 aliphatic rings. The first-order valence-electron chi connectivity index (χ1n) is 7.24. The van der Waals surface area contributed by atoms with Crippen molar-refractivity contribution >= 4 is 11.9 Å². The molecule has 0 radical (unpaired) electrons. The van der Waals surface area contributed by atoms with Crippen molar-refractivity contribution in [1.82, 2.24) is 4.90 Å². The molecular formula is C15H23NO3. The van der Waals surface area contributed by atoms with Crippen LogP contribution in [0.15, 0.2) is 12.2 Å². The van der Waals surface area contributed by atoms with Gasteiger partial charge in [0.2, 0.25) is 5.91 Å². The van der Waals surface area contributed by atoms with Crippen molar-refractivity contribution in [3.8, 4) is 0 Å². The minimum Gasteiger partial charge on any atom is -0.468 e. The second-order valence-electron chi connectivity index (χ2n) is 5.46. The molecule has 1 saturated carbocycles. The number of carbonyl (C=O) groups is 2. The molecule has 19 heavy (non-hydrogen) atoms.